The molecule has 0 fully saturated rings. The second kappa shape index (κ2) is 4.63. The van der Waals surface area contributed by atoms with Crippen molar-refractivity contribution in [1.82, 2.24) is 14.5 Å². The number of aryl methyl sites for hydroxylation is 2. The van der Waals surface area contributed by atoms with Crippen LogP contribution in [0.15, 0.2) is 36.4 Å². The number of H-pyrrole nitrogens is 1. The summed E-state index contributed by atoms with van der Waals surface area (Å²) in [7, 11) is 0. The van der Waals surface area contributed by atoms with Gasteiger partial charge < -0.3 is 9.55 Å². The summed E-state index contributed by atoms with van der Waals surface area (Å²) in [5, 5.41) is 0. The molecule has 3 nitrogen and oxygen atoms in total. The number of rotatable bonds is 2. The first-order valence-electron chi connectivity index (χ1n) is 6.26. The monoisotopic (exact) mass is 269 g/mol. The van der Waals surface area contributed by atoms with E-state index in [2.05, 4.69) is 39.7 Å². The number of pyridine rings is 1. The molecule has 0 aliphatic heterocycles. The van der Waals surface area contributed by atoms with Gasteiger partial charge in [-0.25, -0.2) is 0 Å². The molecule has 0 saturated heterocycles. The first-order chi connectivity index (χ1) is 9.15. The molecule has 0 radical (unpaired) electrons. The van der Waals surface area contributed by atoms with Crippen LogP contribution in [0.2, 0.25) is 0 Å². The third-order valence-electron chi connectivity index (χ3n) is 3.28. The van der Waals surface area contributed by atoms with Gasteiger partial charge in [0.15, 0.2) is 4.77 Å². The number of aromatic nitrogens is 3. The zero-order valence-corrected chi connectivity index (χ0v) is 11.8. The van der Waals surface area contributed by atoms with Gasteiger partial charge >= 0.3 is 0 Å². The van der Waals surface area contributed by atoms with Crippen LogP contribution in [0.5, 0.6) is 0 Å². The van der Waals surface area contributed by atoms with Crippen LogP contribution < -0.4 is 0 Å². The highest BCUT2D eigenvalue weighted by Crippen LogP contribution is 2.18. The molecule has 2 heterocycles. The third-order valence-corrected chi connectivity index (χ3v) is 3.61. The highest BCUT2D eigenvalue weighted by Gasteiger charge is 2.07. The maximum Gasteiger partial charge on any atom is 0.178 e. The molecule has 96 valence electrons. The van der Waals surface area contributed by atoms with E-state index in [4.69, 9.17) is 12.2 Å². The summed E-state index contributed by atoms with van der Waals surface area (Å²) in [6.45, 7) is 4.79. The summed E-state index contributed by atoms with van der Waals surface area (Å²) in [6, 6.07) is 12.3. The molecule has 1 aromatic carbocycles. The fourth-order valence-corrected chi connectivity index (χ4v) is 2.60. The molecule has 0 bridgehead atoms. The average molecular weight is 269 g/mol. The lowest BCUT2D eigenvalue weighted by molar-refractivity contribution is 0.781. The summed E-state index contributed by atoms with van der Waals surface area (Å²) >= 11 is 5.42. The fraction of sp³-hybridized carbons (Fsp3) is 0.200. The highest BCUT2D eigenvalue weighted by molar-refractivity contribution is 7.71. The maximum atomic E-state index is 5.42. The number of nitrogens with one attached hydrogen (secondary N) is 1. The normalized spacial score (nSPS) is 11.1. The Morgan fingerprint density at radius 3 is 2.74 bits per heavy atom. The van der Waals surface area contributed by atoms with Gasteiger partial charge in [-0.3, -0.25) is 4.98 Å². The zero-order chi connectivity index (χ0) is 13.4. The summed E-state index contributed by atoms with van der Waals surface area (Å²) < 4.78 is 2.84. The molecule has 0 aliphatic rings. The molecule has 1 N–H and O–H groups in total. The zero-order valence-electron chi connectivity index (χ0n) is 11.0. The largest absolute Gasteiger partial charge is 0.330 e. The van der Waals surface area contributed by atoms with Gasteiger partial charge in [-0.15, -0.1) is 0 Å². The van der Waals surface area contributed by atoms with Crippen molar-refractivity contribution in [3.8, 4) is 0 Å². The minimum absolute atomic E-state index is 0.698. The number of para-hydroxylation sites is 1. The Labute approximate surface area is 116 Å². The van der Waals surface area contributed by atoms with Crippen molar-refractivity contribution < 1.29 is 0 Å². The SMILES string of the molecule is Cc1cccc(Cn2c(=S)[nH]c3c(C)cccc32)n1. The Morgan fingerprint density at radius 1 is 1.16 bits per heavy atom. The van der Waals surface area contributed by atoms with E-state index in [0.29, 0.717) is 6.54 Å². The van der Waals surface area contributed by atoms with Gasteiger partial charge in [0.05, 0.1) is 23.3 Å². The van der Waals surface area contributed by atoms with Crippen molar-refractivity contribution in [3.05, 3.63) is 58.1 Å². The van der Waals surface area contributed by atoms with Crippen molar-refractivity contribution in [3.63, 3.8) is 0 Å². The summed E-state index contributed by atoms with van der Waals surface area (Å²) in [4.78, 5) is 7.82. The van der Waals surface area contributed by atoms with Gasteiger partial charge in [0.1, 0.15) is 0 Å². The molecule has 3 aromatic rings. The summed E-state index contributed by atoms with van der Waals surface area (Å²) in [5.41, 5.74) is 5.51. The van der Waals surface area contributed by atoms with Crippen molar-refractivity contribution in [2.75, 3.05) is 0 Å². The molecule has 3 rings (SSSR count). The number of fused-ring (bicyclic) bond motifs is 1. The Hall–Kier alpha value is -1.94. The molecule has 4 heteroatoms. The molecule has 19 heavy (non-hydrogen) atoms. The predicted molar refractivity (Wildman–Crippen MR) is 79.9 cm³/mol. The standard InChI is InChI=1S/C15H15N3S/c1-10-5-3-8-13-14(10)17-15(19)18(13)9-12-7-4-6-11(2)16-12/h3-8H,9H2,1-2H3,(H,17,19). The lowest BCUT2D eigenvalue weighted by Gasteiger charge is -2.05. The van der Waals surface area contributed by atoms with Gasteiger partial charge in [-0.2, -0.15) is 0 Å². The lowest BCUT2D eigenvalue weighted by Crippen LogP contribution is -2.02. The van der Waals surface area contributed by atoms with E-state index in [-0.39, 0.29) is 0 Å². The Kier molecular flexibility index (Phi) is 2.95. The van der Waals surface area contributed by atoms with E-state index >= 15 is 0 Å². The smallest absolute Gasteiger partial charge is 0.178 e. The van der Waals surface area contributed by atoms with Crippen molar-refractivity contribution in [2.45, 2.75) is 20.4 Å². The van der Waals surface area contributed by atoms with E-state index in [9.17, 15) is 0 Å². The van der Waals surface area contributed by atoms with E-state index in [1.807, 2.05) is 25.1 Å². The van der Waals surface area contributed by atoms with E-state index in [1.165, 1.54) is 5.56 Å². The minimum atomic E-state index is 0.698. The molecular formula is C15H15N3S. The van der Waals surface area contributed by atoms with Crippen LogP contribution in [-0.4, -0.2) is 14.5 Å². The van der Waals surface area contributed by atoms with Crippen LogP contribution in [0.1, 0.15) is 17.0 Å². The first kappa shape index (κ1) is 12.1. The number of imidazole rings is 1. The number of hydrogen-bond acceptors (Lipinski definition) is 2. The quantitative estimate of drug-likeness (QED) is 0.719. The molecule has 0 spiro atoms. The van der Waals surface area contributed by atoms with Gasteiger partial charge in [-0.1, -0.05) is 18.2 Å². The molecule has 0 aliphatic carbocycles. The van der Waals surface area contributed by atoms with Crippen LogP contribution in [0.25, 0.3) is 11.0 Å². The second-order valence-electron chi connectivity index (χ2n) is 4.76. The van der Waals surface area contributed by atoms with Crippen molar-refractivity contribution in [2.24, 2.45) is 0 Å². The number of nitrogens with zero attached hydrogens (tertiary/aromatic N) is 2. The van der Waals surface area contributed by atoms with E-state index in [0.717, 1.165) is 27.2 Å². The van der Waals surface area contributed by atoms with E-state index < -0.39 is 0 Å². The van der Waals surface area contributed by atoms with Crippen LogP contribution in [0.4, 0.5) is 0 Å². The van der Waals surface area contributed by atoms with Gasteiger partial charge in [0, 0.05) is 5.69 Å². The summed E-state index contributed by atoms with van der Waals surface area (Å²) in [5.74, 6) is 0. The Bertz CT molecular complexity index is 799. The first-order valence-corrected chi connectivity index (χ1v) is 6.66. The number of aromatic amines is 1. The molecule has 0 unspecified atom stereocenters. The molecule has 2 aromatic heterocycles. The Morgan fingerprint density at radius 2 is 1.95 bits per heavy atom. The molecular weight excluding hydrogens is 254 g/mol. The number of hydrogen-bond donors (Lipinski definition) is 1. The van der Waals surface area contributed by atoms with Crippen LogP contribution in [0.3, 0.4) is 0 Å². The van der Waals surface area contributed by atoms with Crippen molar-refractivity contribution >= 4 is 23.3 Å². The molecule has 0 atom stereocenters. The molecule has 0 amide bonds. The van der Waals surface area contributed by atoms with Crippen LogP contribution in [-0.2, 0) is 6.54 Å². The van der Waals surface area contributed by atoms with Crippen molar-refractivity contribution in [1.29, 1.82) is 0 Å². The average Bonchev–Trinajstić information content (AvgIpc) is 2.69. The van der Waals surface area contributed by atoms with E-state index in [1.54, 1.807) is 0 Å². The fourth-order valence-electron chi connectivity index (χ4n) is 2.33. The second-order valence-corrected chi connectivity index (χ2v) is 5.14. The van der Waals surface area contributed by atoms with Crippen LogP contribution >= 0.6 is 12.2 Å². The topological polar surface area (TPSA) is 33.6 Å². The predicted octanol–water partition coefficient (Wildman–Crippen LogP) is 3.76. The van der Waals surface area contributed by atoms with Gasteiger partial charge in [0.25, 0.3) is 0 Å². The lowest BCUT2D eigenvalue weighted by atomic mass is 10.2. The minimum Gasteiger partial charge on any atom is -0.330 e. The third kappa shape index (κ3) is 2.19. The van der Waals surface area contributed by atoms with Gasteiger partial charge in [0.2, 0.25) is 0 Å². The molecule has 0 saturated carbocycles. The van der Waals surface area contributed by atoms with Gasteiger partial charge in [-0.05, 0) is 49.8 Å². The highest BCUT2D eigenvalue weighted by atomic mass is 32.1. The maximum absolute atomic E-state index is 5.42. The van der Waals surface area contributed by atoms with Crippen LogP contribution in [0, 0.1) is 18.6 Å². The summed E-state index contributed by atoms with van der Waals surface area (Å²) in [6.07, 6.45) is 0. The number of benzene rings is 1. The Balaban J connectivity index is 2.13.